The number of hydrogen-bond acceptors (Lipinski definition) is 4. The molecule has 0 atom stereocenters. The molecule has 0 aliphatic rings. The summed E-state index contributed by atoms with van der Waals surface area (Å²) in [6.07, 6.45) is 0. The molecule has 0 radical (unpaired) electrons. The Morgan fingerprint density at radius 3 is 2.57 bits per heavy atom. The first kappa shape index (κ1) is 13.4. The fraction of sp³-hybridized carbons (Fsp3) is 0.267. The molecule has 0 bridgehead atoms. The Bertz CT molecular complexity index is 755. The number of aromatic amines is 2. The average Bonchev–Trinajstić information content (AvgIpc) is 3.07. The molecule has 0 saturated heterocycles. The number of aromatic nitrogens is 5. The van der Waals surface area contributed by atoms with Gasteiger partial charge in [-0.2, -0.15) is 10.2 Å². The Morgan fingerprint density at radius 1 is 1.05 bits per heavy atom. The molecule has 6 heteroatoms. The van der Waals surface area contributed by atoms with Crippen LogP contribution in [0.4, 0.5) is 5.69 Å². The van der Waals surface area contributed by atoms with Crippen molar-refractivity contribution in [1.29, 1.82) is 0 Å². The van der Waals surface area contributed by atoms with E-state index in [2.05, 4.69) is 49.8 Å². The van der Waals surface area contributed by atoms with Gasteiger partial charge < -0.3 is 5.32 Å². The summed E-state index contributed by atoms with van der Waals surface area (Å²) in [5.41, 5.74) is 5.29. The highest BCUT2D eigenvalue weighted by molar-refractivity contribution is 5.65. The number of anilines is 1. The van der Waals surface area contributed by atoms with Gasteiger partial charge >= 0.3 is 0 Å². The summed E-state index contributed by atoms with van der Waals surface area (Å²) in [6.45, 7) is 6.64. The summed E-state index contributed by atoms with van der Waals surface area (Å²) in [7, 11) is 0. The van der Waals surface area contributed by atoms with E-state index in [0.717, 1.165) is 28.5 Å². The van der Waals surface area contributed by atoms with Gasteiger partial charge in [0.05, 0.1) is 12.2 Å². The van der Waals surface area contributed by atoms with Crippen molar-refractivity contribution in [3.05, 3.63) is 47.0 Å². The predicted molar refractivity (Wildman–Crippen MR) is 81.9 cm³/mol. The molecule has 6 nitrogen and oxygen atoms in total. The van der Waals surface area contributed by atoms with Crippen LogP contribution in [0.3, 0.4) is 0 Å². The Balaban J connectivity index is 1.81. The van der Waals surface area contributed by atoms with Crippen molar-refractivity contribution in [2.45, 2.75) is 27.3 Å². The van der Waals surface area contributed by atoms with Gasteiger partial charge in [0.15, 0.2) is 5.82 Å². The van der Waals surface area contributed by atoms with Crippen LogP contribution >= 0.6 is 0 Å². The molecule has 3 aromatic rings. The maximum Gasteiger partial charge on any atom is 0.181 e. The van der Waals surface area contributed by atoms with Crippen LogP contribution in [0, 0.1) is 20.8 Å². The summed E-state index contributed by atoms with van der Waals surface area (Å²) in [4.78, 5) is 4.36. The average molecular weight is 282 g/mol. The fourth-order valence-electron chi connectivity index (χ4n) is 2.17. The highest BCUT2D eigenvalue weighted by Crippen LogP contribution is 2.23. The minimum absolute atomic E-state index is 0.682. The zero-order chi connectivity index (χ0) is 14.8. The predicted octanol–water partition coefficient (Wildman–Crippen LogP) is 2.73. The van der Waals surface area contributed by atoms with Crippen LogP contribution in [0.15, 0.2) is 24.3 Å². The lowest BCUT2D eigenvalue weighted by atomic mass is 10.1. The van der Waals surface area contributed by atoms with Crippen molar-refractivity contribution in [1.82, 2.24) is 25.4 Å². The van der Waals surface area contributed by atoms with E-state index >= 15 is 0 Å². The van der Waals surface area contributed by atoms with Gasteiger partial charge in [-0.05, 0) is 38.5 Å². The van der Waals surface area contributed by atoms with Crippen molar-refractivity contribution in [2.24, 2.45) is 0 Å². The number of nitrogens with one attached hydrogen (secondary N) is 3. The molecule has 21 heavy (non-hydrogen) atoms. The van der Waals surface area contributed by atoms with E-state index in [1.165, 1.54) is 5.56 Å². The maximum atomic E-state index is 4.36. The van der Waals surface area contributed by atoms with Crippen molar-refractivity contribution in [2.75, 3.05) is 5.32 Å². The minimum atomic E-state index is 0.682. The Morgan fingerprint density at radius 2 is 1.90 bits per heavy atom. The highest BCUT2D eigenvalue weighted by Gasteiger charge is 2.07. The van der Waals surface area contributed by atoms with E-state index < -0.39 is 0 Å². The lowest BCUT2D eigenvalue weighted by molar-refractivity contribution is 0.967. The van der Waals surface area contributed by atoms with Crippen LogP contribution in [-0.2, 0) is 6.54 Å². The van der Waals surface area contributed by atoms with Gasteiger partial charge in [-0.1, -0.05) is 12.1 Å². The number of benzene rings is 1. The van der Waals surface area contributed by atoms with Crippen molar-refractivity contribution >= 4 is 5.69 Å². The number of aryl methyl sites for hydroxylation is 3. The smallest absolute Gasteiger partial charge is 0.181 e. The molecule has 0 saturated carbocycles. The summed E-state index contributed by atoms with van der Waals surface area (Å²) in [6, 6.07) is 8.20. The molecule has 0 unspecified atom stereocenters. The third-order valence-corrected chi connectivity index (χ3v) is 3.31. The molecule has 0 spiro atoms. The minimum Gasteiger partial charge on any atom is -0.379 e. The molecule has 1 aromatic carbocycles. The van der Waals surface area contributed by atoms with E-state index in [1.807, 2.05) is 26.0 Å². The zero-order valence-electron chi connectivity index (χ0n) is 12.4. The third-order valence-electron chi connectivity index (χ3n) is 3.31. The molecule has 0 fully saturated rings. The summed E-state index contributed by atoms with van der Waals surface area (Å²) >= 11 is 0. The monoisotopic (exact) mass is 282 g/mol. The zero-order valence-corrected chi connectivity index (χ0v) is 12.4. The summed E-state index contributed by atoms with van der Waals surface area (Å²) in [5, 5.41) is 17.6. The molecular weight excluding hydrogens is 264 g/mol. The topological polar surface area (TPSA) is 82.3 Å². The van der Waals surface area contributed by atoms with Crippen LogP contribution in [0.5, 0.6) is 0 Å². The second kappa shape index (κ2) is 5.40. The van der Waals surface area contributed by atoms with Gasteiger partial charge in [-0.25, -0.2) is 4.98 Å². The van der Waals surface area contributed by atoms with Gasteiger partial charge in [-0.3, -0.25) is 10.2 Å². The van der Waals surface area contributed by atoms with Gasteiger partial charge in [0.25, 0.3) is 0 Å². The molecule has 0 amide bonds. The standard InChI is InChI=1S/C15H18N6/c1-9-4-5-12(15-17-11(3)19-21-15)7-14(9)16-8-13-6-10(2)18-20-13/h4-7,16H,8H2,1-3H3,(H,18,20)(H,17,19,21). The lowest BCUT2D eigenvalue weighted by Gasteiger charge is -2.09. The Labute approximate surface area is 123 Å². The van der Waals surface area contributed by atoms with Crippen LogP contribution in [-0.4, -0.2) is 25.4 Å². The number of H-pyrrole nitrogens is 2. The van der Waals surface area contributed by atoms with Crippen molar-refractivity contribution < 1.29 is 0 Å². The molecule has 3 N–H and O–H groups in total. The van der Waals surface area contributed by atoms with Crippen molar-refractivity contribution in [3.8, 4) is 11.4 Å². The van der Waals surface area contributed by atoms with Crippen LogP contribution in [0.25, 0.3) is 11.4 Å². The quantitative estimate of drug-likeness (QED) is 0.687. The van der Waals surface area contributed by atoms with Gasteiger partial charge in [0, 0.05) is 16.9 Å². The highest BCUT2D eigenvalue weighted by atomic mass is 15.2. The molecule has 108 valence electrons. The molecule has 2 heterocycles. The fourth-order valence-corrected chi connectivity index (χ4v) is 2.17. The van der Waals surface area contributed by atoms with E-state index in [9.17, 15) is 0 Å². The number of hydrogen-bond donors (Lipinski definition) is 3. The maximum absolute atomic E-state index is 4.36. The number of rotatable bonds is 4. The molecule has 2 aromatic heterocycles. The Kier molecular flexibility index (Phi) is 3.43. The van der Waals surface area contributed by atoms with Gasteiger partial charge in [-0.15, -0.1) is 0 Å². The normalized spacial score (nSPS) is 10.8. The molecule has 3 rings (SSSR count). The number of nitrogens with zero attached hydrogens (tertiary/aromatic N) is 3. The third kappa shape index (κ3) is 2.94. The SMILES string of the molecule is Cc1cc(CNc2cc(-c3n[nH]c(C)n3)ccc2C)n[nH]1. The molecular formula is C15H18N6. The lowest BCUT2D eigenvalue weighted by Crippen LogP contribution is -2.01. The van der Waals surface area contributed by atoms with Gasteiger partial charge in [0.2, 0.25) is 0 Å². The molecule has 0 aliphatic carbocycles. The molecule has 0 aliphatic heterocycles. The van der Waals surface area contributed by atoms with Crippen LogP contribution in [0.1, 0.15) is 22.8 Å². The second-order valence-electron chi connectivity index (χ2n) is 5.17. The van der Waals surface area contributed by atoms with Crippen LogP contribution in [0.2, 0.25) is 0 Å². The first-order valence-corrected chi connectivity index (χ1v) is 6.86. The van der Waals surface area contributed by atoms with E-state index in [0.29, 0.717) is 12.4 Å². The Hall–Kier alpha value is -2.63. The van der Waals surface area contributed by atoms with Crippen LogP contribution < -0.4 is 5.32 Å². The van der Waals surface area contributed by atoms with E-state index in [-0.39, 0.29) is 0 Å². The summed E-state index contributed by atoms with van der Waals surface area (Å²) in [5.74, 6) is 1.53. The first-order chi connectivity index (χ1) is 10.1. The van der Waals surface area contributed by atoms with E-state index in [1.54, 1.807) is 0 Å². The van der Waals surface area contributed by atoms with Crippen molar-refractivity contribution in [3.63, 3.8) is 0 Å². The van der Waals surface area contributed by atoms with E-state index in [4.69, 9.17) is 0 Å². The van der Waals surface area contributed by atoms with Gasteiger partial charge in [0.1, 0.15) is 5.82 Å². The second-order valence-corrected chi connectivity index (χ2v) is 5.17. The first-order valence-electron chi connectivity index (χ1n) is 6.86. The summed E-state index contributed by atoms with van der Waals surface area (Å²) < 4.78 is 0. The largest absolute Gasteiger partial charge is 0.379 e.